The van der Waals surface area contributed by atoms with Crippen LogP contribution in [-0.2, 0) is 21.2 Å². The highest BCUT2D eigenvalue weighted by molar-refractivity contribution is 7.91. The van der Waals surface area contributed by atoms with Crippen molar-refractivity contribution in [3.8, 4) is 5.75 Å². The van der Waals surface area contributed by atoms with Crippen molar-refractivity contribution in [2.45, 2.75) is 24.8 Å². The number of nitrogens with two attached hydrogens (primary N) is 1. The molecule has 4 rings (SSSR count). The van der Waals surface area contributed by atoms with E-state index in [1.807, 2.05) is 37.3 Å². The molecule has 7 nitrogen and oxygen atoms in total. The number of benzene rings is 2. The fourth-order valence-electron chi connectivity index (χ4n) is 3.92. The molecule has 0 radical (unpaired) electrons. The van der Waals surface area contributed by atoms with Gasteiger partial charge in [-0.3, -0.25) is 14.7 Å². The maximum absolute atomic E-state index is 12.7. The molecule has 31 heavy (non-hydrogen) atoms. The number of nitrogens with zero attached hydrogens (tertiary/aromatic N) is 2. The first-order chi connectivity index (χ1) is 14.8. The standard InChI is InChI=1S/C23H25N3O4S/c1-16-12-18(21-4-2-3-5-22(21)25-16)14-30-19-6-8-20(9-7-19)31(28,29)15-26-11-10-17(13-26)23(24)27/h2-9,12,17H,10-11,13-15H2,1H3,(H2,24,27). The van der Waals surface area contributed by atoms with Crippen LogP contribution in [0.3, 0.4) is 0 Å². The summed E-state index contributed by atoms with van der Waals surface area (Å²) < 4.78 is 31.4. The molecule has 1 saturated heterocycles. The SMILES string of the molecule is Cc1cc(COc2ccc(S(=O)(=O)CN3CCC(C(N)=O)C3)cc2)c2ccccc2n1. The minimum Gasteiger partial charge on any atom is -0.489 e. The lowest BCUT2D eigenvalue weighted by Gasteiger charge is -2.16. The number of carbonyl (C=O) groups is 1. The molecule has 0 spiro atoms. The van der Waals surface area contributed by atoms with Gasteiger partial charge in [-0.25, -0.2) is 8.42 Å². The number of ether oxygens (including phenoxy) is 1. The third kappa shape index (κ3) is 4.86. The molecule has 162 valence electrons. The highest BCUT2D eigenvalue weighted by Gasteiger charge is 2.30. The molecule has 1 atom stereocenters. The molecule has 2 N–H and O–H groups in total. The molecule has 1 unspecified atom stereocenters. The van der Waals surface area contributed by atoms with E-state index < -0.39 is 9.84 Å². The van der Waals surface area contributed by atoms with E-state index in [-0.39, 0.29) is 22.6 Å². The molecule has 8 heteroatoms. The molecule has 0 bridgehead atoms. The highest BCUT2D eigenvalue weighted by Crippen LogP contribution is 2.23. The van der Waals surface area contributed by atoms with E-state index in [1.54, 1.807) is 29.2 Å². The number of likely N-dealkylation sites (tertiary alicyclic amines) is 1. The zero-order valence-corrected chi connectivity index (χ0v) is 18.1. The Balaban J connectivity index is 1.42. The predicted octanol–water partition coefficient (Wildman–Crippen LogP) is 2.66. The number of amides is 1. The molecular weight excluding hydrogens is 414 g/mol. The van der Waals surface area contributed by atoms with Gasteiger partial charge in [0.25, 0.3) is 0 Å². The van der Waals surface area contributed by atoms with E-state index in [4.69, 9.17) is 10.5 Å². The van der Waals surface area contributed by atoms with Crippen LogP contribution in [0.5, 0.6) is 5.75 Å². The zero-order chi connectivity index (χ0) is 22.0. The van der Waals surface area contributed by atoms with Crippen molar-refractivity contribution < 1.29 is 17.9 Å². The molecule has 3 aromatic rings. The molecule has 0 saturated carbocycles. The van der Waals surface area contributed by atoms with Crippen LogP contribution in [0, 0.1) is 12.8 Å². The third-order valence-electron chi connectivity index (χ3n) is 5.53. The van der Waals surface area contributed by atoms with E-state index in [2.05, 4.69) is 4.98 Å². The van der Waals surface area contributed by atoms with Crippen molar-refractivity contribution in [2.75, 3.05) is 19.0 Å². The summed E-state index contributed by atoms with van der Waals surface area (Å²) in [6, 6.07) is 16.3. The fraction of sp³-hybridized carbons (Fsp3) is 0.304. The molecule has 2 heterocycles. The van der Waals surface area contributed by atoms with Gasteiger partial charge in [-0.05, 0) is 56.3 Å². The number of aryl methyl sites for hydroxylation is 1. The fourth-order valence-corrected chi connectivity index (χ4v) is 5.33. The largest absolute Gasteiger partial charge is 0.489 e. The average Bonchev–Trinajstić information content (AvgIpc) is 3.20. The van der Waals surface area contributed by atoms with Gasteiger partial charge in [-0.1, -0.05) is 18.2 Å². The Kier molecular flexibility index (Phi) is 5.93. The molecule has 1 aliphatic heterocycles. The summed E-state index contributed by atoms with van der Waals surface area (Å²) in [6.45, 7) is 3.24. The van der Waals surface area contributed by atoms with Crippen molar-refractivity contribution >= 4 is 26.6 Å². The second-order valence-electron chi connectivity index (χ2n) is 7.91. The summed E-state index contributed by atoms with van der Waals surface area (Å²) in [5, 5.41) is 1.03. The van der Waals surface area contributed by atoms with E-state index >= 15 is 0 Å². The number of primary amides is 1. The summed E-state index contributed by atoms with van der Waals surface area (Å²) in [6.07, 6.45) is 0.598. The van der Waals surface area contributed by atoms with Crippen LogP contribution in [0.1, 0.15) is 17.7 Å². The maximum atomic E-state index is 12.7. The number of hydrogen-bond acceptors (Lipinski definition) is 6. The lowest BCUT2D eigenvalue weighted by molar-refractivity contribution is -0.121. The molecule has 1 fully saturated rings. The Morgan fingerprint density at radius 3 is 2.65 bits per heavy atom. The number of aromatic nitrogens is 1. The lowest BCUT2D eigenvalue weighted by Crippen LogP contribution is -2.31. The number of carbonyl (C=O) groups excluding carboxylic acids is 1. The van der Waals surface area contributed by atoms with Gasteiger partial charge in [0.15, 0.2) is 9.84 Å². The van der Waals surface area contributed by atoms with Gasteiger partial charge < -0.3 is 10.5 Å². The van der Waals surface area contributed by atoms with E-state index in [1.165, 1.54) is 0 Å². The van der Waals surface area contributed by atoms with Crippen molar-refractivity contribution in [1.29, 1.82) is 0 Å². The van der Waals surface area contributed by atoms with Crippen LogP contribution in [-0.4, -0.2) is 43.2 Å². The van der Waals surface area contributed by atoms with Gasteiger partial charge in [-0.15, -0.1) is 0 Å². The number of sulfone groups is 1. The topological polar surface area (TPSA) is 103 Å². The summed E-state index contributed by atoms with van der Waals surface area (Å²) in [7, 11) is -3.50. The van der Waals surface area contributed by atoms with Crippen LogP contribution in [0.25, 0.3) is 10.9 Å². The van der Waals surface area contributed by atoms with Crippen LogP contribution < -0.4 is 10.5 Å². The highest BCUT2D eigenvalue weighted by atomic mass is 32.2. The van der Waals surface area contributed by atoms with Crippen molar-refractivity contribution in [3.05, 3.63) is 65.9 Å². The Morgan fingerprint density at radius 1 is 1.19 bits per heavy atom. The third-order valence-corrected chi connectivity index (χ3v) is 7.23. The number of rotatable bonds is 7. The monoisotopic (exact) mass is 439 g/mol. The van der Waals surface area contributed by atoms with Crippen molar-refractivity contribution in [2.24, 2.45) is 11.7 Å². The molecule has 1 aliphatic rings. The number of para-hydroxylation sites is 1. The Bertz CT molecular complexity index is 1210. The first-order valence-electron chi connectivity index (χ1n) is 10.1. The van der Waals surface area contributed by atoms with Gasteiger partial charge in [0.05, 0.1) is 16.3 Å². The lowest BCUT2D eigenvalue weighted by atomic mass is 10.1. The average molecular weight is 440 g/mol. The van der Waals surface area contributed by atoms with Gasteiger partial charge in [0.2, 0.25) is 5.91 Å². The van der Waals surface area contributed by atoms with E-state index in [9.17, 15) is 13.2 Å². The van der Waals surface area contributed by atoms with Crippen LogP contribution in [0.15, 0.2) is 59.5 Å². The second kappa shape index (κ2) is 8.64. The Labute approximate surface area is 181 Å². The minimum absolute atomic E-state index is 0.126. The van der Waals surface area contributed by atoms with Gasteiger partial charge in [-0.2, -0.15) is 0 Å². The normalized spacial score (nSPS) is 17.1. The van der Waals surface area contributed by atoms with E-state index in [0.29, 0.717) is 31.9 Å². The summed E-state index contributed by atoms with van der Waals surface area (Å²) >= 11 is 0. The summed E-state index contributed by atoms with van der Waals surface area (Å²) in [5.41, 5.74) is 8.19. The first kappa shape index (κ1) is 21.3. The van der Waals surface area contributed by atoms with Crippen molar-refractivity contribution in [3.63, 3.8) is 0 Å². The van der Waals surface area contributed by atoms with Crippen LogP contribution >= 0.6 is 0 Å². The number of pyridine rings is 1. The van der Waals surface area contributed by atoms with E-state index in [0.717, 1.165) is 22.2 Å². The Morgan fingerprint density at radius 2 is 1.94 bits per heavy atom. The van der Waals surface area contributed by atoms with Gasteiger partial charge >= 0.3 is 0 Å². The zero-order valence-electron chi connectivity index (χ0n) is 17.3. The molecule has 1 aromatic heterocycles. The van der Waals surface area contributed by atoms with Crippen LogP contribution in [0.2, 0.25) is 0 Å². The molecule has 2 aromatic carbocycles. The molecule has 1 amide bonds. The predicted molar refractivity (Wildman–Crippen MR) is 118 cm³/mol. The second-order valence-corrected chi connectivity index (χ2v) is 9.87. The number of hydrogen-bond donors (Lipinski definition) is 1. The first-order valence-corrected chi connectivity index (χ1v) is 11.8. The molecular formula is C23H25N3O4S. The van der Waals surface area contributed by atoms with Crippen molar-refractivity contribution in [1.82, 2.24) is 9.88 Å². The Hall–Kier alpha value is -2.97. The van der Waals surface area contributed by atoms with Crippen LogP contribution in [0.4, 0.5) is 0 Å². The van der Waals surface area contributed by atoms with Gasteiger partial charge in [0.1, 0.15) is 18.2 Å². The summed E-state index contributed by atoms with van der Waals surface area (Å²) in [5.74, 6) is -0.191. The molecule has 0 aliphatic carbocycles. The quantitative estimate of drug-likeness (QED) is 0.607. The minimum atomic E-state index is -3.50. The number of fused-ring (bicyclic) bond motifs is 1. The van der Waals surface area contributed by atoms with Gasteiger partial charge in [0, 0.05) is 23.2 Å². The summed E-state index contributed by atoms with van der Waals surface area (Å²) in [4.78, 5) is 17.8. The maximum Gasteiger partial charge on any atom is 0.221 e. The smallest absolute Gasteiger partial charge is 0.221 e.